The second-order valence-corrected chi connectivity index (χ2v) is 14.9. The standard InChI is InChI=1S/C49H50O14S/c1-4-43(50)60-28-24-56-32-49(33-57-25-29-61-44(51)5-2,34-58-26-30-62-45(52)6-3)35-59-27-31-63-48(55)47(54)40-18-22-42(23-19-40)64-41-20-16-39(17-21-41)46(53)38-14-12-37(13-15-38)36-10-8-7-9-11-36/h4-23H,1-3,24-35H2. The molecule has 0 amide bonds. The topological polar surface area (TPSA) is 176 Å². The molecule has 0 aliphatic carbocycles. The number of hydrogen-bond acceptors (Lipinski definition) is 15. The lowest BCUT2D eigenvalue weighted by Gasteiger charge is -2.33. The zero-order chi connectivity index (χ0) is 46.0. The molecular formula is C49H50O14S. The van der Waals surface area contributed by atoms with Crippen LogP contribution in [0, 0.1) is 5.41 Å². The first kappa shape index (κ1) is 50.2. The molecule has 0 radical (unpaired) electrons. The predicted molar refractivity (Wildman–Crippen MR) is 237 cm³/mol. The minimum Gasteiger partial charge on any atom is -0.460 e. The highest BCUT2D eigenvalue weighted by atomic mass is 32.2. The van der Waals surface area contributed by atoms with E-state index in [-0.39, 0.29) is 90.6 Å². The molecule has 0 bridgehead atoms. The van der Waals surface area contributed by atoms with Crippen molar-refractivity contribution < 1.29 is 66.7 Å². The van der Waals surface area contributed by atoms with E-state index in [0.717, 1.165) is 39.1 Å². The highest BCUT2D eigenvalue weighted by Gasteiger charge is 2.33. The number of rotatable bonds is 30. The average Bonchev–Trinajstić information content (AvgIpc) is 3.33. The Bertz CT molecular complexity index is 2090. The normalized spacial score (nSPS) is 10.9. The summed E-state index contributed by atoms with van der Waals surface area (Å²) in [5, 5.41) is 0. The maximum Gasteiger partial charge on any atom is 0.379 e. The second-order valence-electron chi connectivity index (χ2n) is 13.7. The predicted octanol–water partition coefficient (Wildman–Crippen LogP) is 6.70. The minimum absolute atomic E-state index is 0.0100. The van der Waals surface area contributed by atoms with Crippen LogP contribution < -0.4 is 0 Å². The molecular weight excluding hydrogens is 845 g/mol. The van der Waals surface area contributed by atoms with Gasteiger partial charge in [0.25, 0.3) is 5.78 Å². The molecule has 4 aromatic carbocycles. The molecule has 0 heterocycles. The van der Waals surface area contributed by atoms with Crippen LogP contribution in [0.25, 0.3) is 11.1 Å². The fourth-order valence-corrected chi connectivity index (χ4v) is 6.47. The van der Waals surface area contributed by atoms with Crippen LogP contribution in [0.5, 0.6) is 0 Å². The summed E-state index contributed by atoms with van der Waals surface area (Å²) in [6, 6.07) is 31.2. The molecule has 336 valence electrons. The molecule has 0 N–H and O–H groups in total. The van der Waals surface area contributed by atoms with Gasteiger partial charge in [-0.15, -0.1) is 0 Å². The van der Waals surface area contributed by atoms with Crippen molar-refractivity contribution in [3.05, 3.63) is 158 Å². The zero-order valence-corrected chi connectivity index (χ0v) is 36.1. The summed E-state index contributed by atoms with van der Waals surface area (Å²) in [5.41, 5.74) is 2.37. The molecule has 0 saturated heterocycles. The fourth-order valence-electron chi connectivity index (χ4n) is 5.66. The van der Waals surface area contributed by atoms with Crippen LogP contribution in [-0.2, 0) is 57.1 Å². The van der Waals surface area contributed by atoms with Gasteiger partial charge in [0.15, 0.2) is 5.78 Å². The maximum atomic E-state index is 13.1. The van der Waals surface area contributed by atoms with Gasteiger partial charge in [0.2, 0.25) is 0 Å². The molecule has 4 aromatic rings. The third-order valence-electron chi connectivity index (χ3n) is 8.92. The lowest BCUT2D eigenvalue weighted by Crippen LogP contribution is -2.43. The van der Waals surface area contributed by atoms with Crippen molar-refractivity contribution in [1.29, 1.82) is 0 Å². The van der Waals surface area contributed by atoms with Crippen molar-refractivity contribution in [2.75, 3.05) is 79.3 Å². The molecule has 0 unspecified atom stereocenters. The van der Waals surface area contributed by atoms with Crippen molar-refractivity contribution in [3.8, 4) is 11.1 Å². The number of carbonyl (C=O) groups excluding carboxylic acids is 6. The first-order valence-electron chi connectivity index (χ1n) is 20.0. The summed E-state index contributed by atoms with van der Waals surface area (Å²) in [4.78, 5) is 74.8. The van der Waals surface area contributed by atoms with E-state index in [2.05, 4.69) is 19.7 Å². The Morgan fingerprint density at radius 1 is 0.438 bits per heavy atom. The molecule has 0 aliphatic rings. The van der Waals surface area contributed by atoms with E-state index in [1.165, 1.54) is 23.9 Å². The van der Waals surface area contributed by atoms with Gasteiger partial charge in [-0.1, -0.05) is 86.1 Å². The summed E-state index contributed by atoms with van der Waals surface area (Å²) in [6.45, 7) is 9.37. The van der Waals surface area contributed by atoms with Crippen molar-refractivity contribution in [2.24, 2.45) is 5.41 Å². The van der Waals surface area contributed by atoms with Gasteiger partial charge in [-0.2, -0.15) is 0 Å². The number of hydrogen-bond donors (Lipinski definition) is 0. The molecule has 4 rings (SSSR count). The van der Waals surface area contributed by atoms with Gasteiger partial charge in [0.1, 0.15) is 26.4 Å². The van der Waals surface area contributed by atoms with Gasteiger partial charge in [0, 0.05) is 44.7 Å². The smallest absolute Gasteiger partial charge is 0.379 e. The third-order valence-corrected chi connectivity index (χ3v) is 9.93. The molecule has 15 heteroatoms. The van der Waals surface area contributed by atoms with E-state index in [0.29, 0.717) is 11.1 Å². The number of Topliss-reactive ketones (excluding diaryl/α,β-unsaturated/α-hetero) is 1. The van der Waals surface area contributed by atoms with Crippen molar-refractivity contribution >= 4 is 47.2 Å². The van der Waals surface area contributed by atoms with Crippen LogP contribution >= 0.6 is 11.8 Å². The number of esters is 4. The van der Waals surface area contributed by atoms with Crippen molar-refractivity contribution in [3.63, 3.8) is 0 Å². The maximum absolute atomic E-state index is 13.1. The Morgan fingerprint density at radius 3 is 1.20 bits per heavy atom. The molecule has 64 heavy (non-hydrogen) atoms. The molecule has 0 spiro atoms. The molecule has 14 nitrogen and oxygen atoms in total. The molecule has 0 atom stereocenters. The molecule has 0 saturated carbocycles. The van der Waals surface area contributed by atoms with Crippen LogP contribution in [0.1, 0.15) is 26.3 Å². The third kappa shape index (κ3) is 17.3. The Labute approximate surface area is 376 Å². The van der Waals surface area contributed by atoms with Gasteiger partial charge >= 0.3 is 23.9 Å². The number of carbonyl (C=O) groups is 6. The largest absolute Gasteiger partial charge is 0.460 e. The molecule has 0 fully saturated rings. The van der Waals surface area contributed by atoms with E-state index in [1.807, 2.05) is 66.7 Å². The first-order chi connectivity index (χ1) is 31.1. The van der Waals surface area contributed by atoms with Gasteiger partial charge in [0.05, 0.1) is 58.3 Å². The van der Waals surface area contributed by atoms with Gasteiger partial charge in [-0.05, 0) is 59.7 Å². The SMILES string of the molecule is C=CC(=O)OCCOCC(COCCOC(=O)C=C)(COCCOC(=O)C=C)COCCOC(=O)C(=O)c1ccc(Sc2ccc(C(=O)c3ccc(-c4ccccc4)cc3)cc2)cc1. The van der Waals surface area contributed by atoms with Gasteiger partial charge in [-0.3, -0.25) is 9.59 Å². The Kier molecular flexibility index (Phi) is 21.6. The van der Waals surface area contributed by atoms with Crippen LogP contribution in [0.15, 0.2) is 151 Å². The highest BCUT2D eigenvalue weighted by Crippen LogP contribution is 2.29. The Morgan fingerprint density at radius 2 is 0.797 bits per heavy atom. The molecule has 0 aliphatic heterocycles. The fraction of sp³-hybridized carbons (Fsp3) is 0.265. The lowest BCUT2D eigenvalue weighted by molar-refractivity contribution is -0.146. The van der Waals surface area contributed by atoms with E-state index in [4.69, 9.17) is 37.9 Å². The first-order valence-corrected chi connectivity index (χ1v) is 20.9. The van der Waals surface area contributed by atoms with Crippen LogP contribution in [0.2, 0.25) is 0 Å². The summed E-state index contributed by atoms with van der Waals surface area (Å²) in [5.74, 6) is -3.85. The number of benzene rings is 4. The van der Waals surface area contributed by atoms with Crippen LogP contribution in [0.3, 0.4) is 0 Å². The quantitative estimate of drug-likeness (QED) is 0.0135. The van der Waals surface area contributed by atoms with Crippen molar-refractivity contribution in [1.82, 2.24) is 0 Å². The second kappa shape index (κ2) is 27.5. The summed E-state index contributed by atoms with van der Waals surface area (Å²) >= 11 is 1.43. The van der Waals surface area contributed by atoms with Gasteiger partial charge in [-0.25, -0.2) is 19.2 Å². The average molecular weight is 895 g/mol. The van der Waals surface area contributed by atoms with Gasteiger partial charge < -0.3 is 37.9 Å². The number of ketones is 2. The Hall–Kier alpha value is -6.49. The monoisotopic (exact) mass is 894 g/mol. The summed E-state index contributed by atoms with van der Waals surface area (Å²) in [7, 11) is 0. The Balaban J connectivity index is 1.27. The number of ether oxygens (including phenoxy) is 8. The van der Waals surface area contributed by atoms with E-state index in [9.17, 15) is 28.8 Å². The zero-order valence-electron chi connectivity index (χ0n) is 35.3. The van der Waals surface area contributed by atoms with E-state index < -0.39 is 35.1 Å². The van der Waals surface area contributed by atoms with E-state index >= 15 is 0 Å². The van der Waals surface area contributed by atoms with Crippen LogP contribution in [-0.4, -0.2) is 115 Å². The minimum atomic E-state index is -1.07. The van der Waals surface area contributed by atoms with Crippen molar-refractivity contribution in [2.45, 2.75) is 9.79 Å². The summed E-state index contributed by atoms with van der Waals surface area (Å²) < 4.78 is 43.4. The van der Waals surface area contributed by atoms with E-state index in [1.54, 1.807) is 24.3 Å². The lowest BCUT2D eigenvalue weighted by atomic mass is 9.92. The van der Waals surface area contributed by atoms with Crippen LogP contribution in [0.4, 0.5) is 0 Å². The highest BCUT2D eigenvalue weighted by molar-refractivity contribution is 7.99. The summed E-state index contributed by atoms with van der Waals surface area (Å²) in [6.07, 6.45) is 3.07. The molecule has 0 aromatic heterocycles.